The number of nitrogens with zero attached hydrogens (tertiary/aromatic N) is 3. The Morgan fingerprint density at radius 1 is 0.830 bits per heavy atom. The number of ether oxygens (including phenoxy) is 1. The third-order valence-corrected chi connectivity index (χ3v) is 9.56. The lowest BCUT2D eigenvalue weighted by molar-refractivity contribution is -0.137. The number of carbonyl (C=O) groups is 3. The number of nitrogens with one attached hydrogen (secondary N) is 1. The Morgan fingerprint density at radius 2 is 1.49 bits per heavy atom. The molecule has 5 aromatic rings. The molecule has 0 saturated heterocycles. The van der Waals surface area contributed by atoms with E-state index in [4.69, 9.17) is 4.74 Å². The van der Waals surface area contributed by atoms with Crippen LogP contribution in [0.25, 0.3) is 17.0 Å². The Labute approximate surface area is 310 Å². The van der Waals surface area contributed by atoms with Crippen molar-refractivity contribution in [3.05, 3.63) is 149 Å². The zero-order valence-electron chi connectivity index (χ0n) is 30.1. The molecule has 0 aliphatic heterocycles. The van der Waals surface area contributed by atoms with E-state index in [9.17, 15) is 19.5 Å². The van der Waals surface area contributed by atoms with Gasteiger partial charge < -0.3 is 20.1 Å². The zero-order chi connectivity index (χ0) is 37.2. The van der Waals surface area contributed by atoms with E-state index in [-0.39, 0.29) is 18.9 Å². The minimum atomic E-state index is -1.12. The highest BCUT2D eigenvalue weighted by molar-refractivity contribution is 5.97. The molecule has 53 heavy (non-hydrogen) atoms. The summed E-state index contributed by atoms with van der Waals surface area (Å²) in [4.78, 5) is 48.3. The van der Waals surface area contributed by atoms with Crippen molar-refractivity contribution in [3.63, 3.8) is 0 Å². The summed E-state index contributed by atoms with van der Waals surface area (Å²) in [6, 6.07) is 30.3. The summed E-state index contributed by atoms with van der Waals surface area (Å²) < 4.78 is 5.16. The van der Waals surface area contributed by atoms with Gasteiger partial charge in [0.2, 0.25) is 5.91 Å². The summed E-state index contributed by atoms with van der Waals surface area (Å²) in [6.45, 7) is 1.84. The molecule has 0 bridgehead atoms. The molecule has 9 nitrogen and oxygen atoms in total. The highest BCUT2D eigenvalue weighted by Gasteiger charge is 2.20. The Morgan fingerprint density at radius 3 is 2.09 bits per heavy atom. The number of methoxy groups -OCH3 is 1. The number of amides is 2. The first-order valence-electron chi connectivity index (χ1n) is 18.0. The van der Waals surface area contributed by atoms with Crippen molar-refractivity contribution in [2.24, 2.45) is 0 Å². The minimum Gasteiger partial charge on any atom is -0.497 e. The third kappa shape index (κ3) is 9.83. The van der Waals surface area contributed by atoms with Crippen molar-refractivity contribution in [1.29, 1.82) is 0 Å². The lowest BCUT2D eigenvalue weighted by atomic mass is 9.83. The van der Waals surface area contributed by atoms with E-state index in [0.717, 1.165) is 54.4 Å². The van der Waals surface area contributed by atoms with Crippen molar-refractivity contribution in [2.45, 2.75) is 57.9 Å². The van der Waals surface area contributed by atoms with E-state index in [1.54, 1.807) is 43.5 Å². The number of carbonyl (C=O) groups excluding carboxylic acids is 2. The predicted molar refractivity (Wildman–Crippen MR) is 207 cm³/mol. The number of aryl methyl sites for hydroxylation is 1. The molecule has 0 fully saturated rings. The van der Waals surface area contributed by atoms with Gasteiger partial charge in [0.1, 0.15) is 12.3 Å². The molecule has 270 valence electrons. The van der Waals surface area contributed by atoms with Gasteiger partial charge in [0.25, 0.3) is 5.91 Å². The van der Waals surface area contributed by atoms with Gasteiger partial charge in [-0.25, -0.2) is 9.97 Å². The van der Waals surface area contributed by atoms with Crippen LogP contribution in [-0.4, -0.2) is 51.4 Å². The third-order valence-electron chi connectivity index (χ3n) is 9.56. The summed E-state index contributed by atoms with van der Waals surface area (Å²) in [5.74, 6) is 0.0917. The molecular formula is C44H44N4O5. The van der Waals surface area contributed by atoms with E-state index in [2.05, 4.69) is 52.5 Å². The summed E-state index contributed by atoms with van der Waals surface area (Å²) in [5.41, 5.74) is 8.39. The fourth-order valence-corrected chi connectivity index (χ4v) is 6.64. The Kier molecular flexibility index (Phi) is 12.1. The Bertz CT molecular complexity index is 2040. The molecule has 1 aliphatic rings. The number of carboxylic acids is 1. The SMILES string of the molecule is CCCc1ccc(C2CC=C(c3cnc(-c4ccc(CN(CC(=O)O)C(=O)c5ccc(NC(=O)Cc6ccc(OC)cc6)cc5)cc4)nc3)CC2)cc1. The van der Waals surface area contributed by atoms with Crippen LogP contribution in [0.15, 0.2) is 116 Å². The van der Waals surface area contributed by atoms with Gasteiger partial charge in [-0.05, 0) is 95.8 Å². The molecule has 4 aromatic carbocycles. The van der Waals surface area contributed by atoms with E-state index in [1.807, 2.05) is 48.8 Å². The molecule has 1 aliphatic carbocycles. The van der Waals surface area contributed by atoms with E-state index < -0.39 is 18.4 Å². The fourth-order valence-electron chi connectivity index (χ4n) is 6.64. The number of aromatic nitrogens is 2. The summed E-state index contributed by atoms with van der Waals surface area (Å²) in [5, 5.41) is 12.4. The number of aliphatic carboxylic acids is 1. The molecular weight excluding hydrogens is 665 g/mol. The summed E-state index contributed by atoms with van der Waals surface area (Å²) in [7, 11) is 1.59. The Hall–Kier alpha value is -6.09. The van der Waals surface area contributed by atoms with Crippen LogP contribution >= 0.6 is 0 Å². The van der Waals surface area contributed by atoms with Gasteiger partial charge in [0.15, 0.2) is 5.82 Å². The minimum absolute atomic E-state index is 0.101. The van der Waals surface area contributed by atoms with Crippen LogP contribution < -0.4 is 10.1 Å². The number of rotatable bonds is 14. The molecule has 0 spiro atoms. The second-order valence-corrected chi connectivity index (χ2v) is 13.4. The fraction of sp³-hybridized carbons (Fsp3) is 0.250. The molecule has 1 aromatic heterocycles. The topological polar surface area (TPSA) is 122 Å². The molecule has 6 rings (SSSR count). The number of benzene rings is 4. The van der Waals surface area contributed by atoms with Gasteiger partial charge in [-0.2, -0.15) is 0 Å². The first-order valence-corrected chi connectivity index (χ1v) is 18.0. The summed E-state index contributed by atoms with van der Waals surface area (Å²) >= 11 is 0. The average Bonchev–Trinajstić information content (AvgIpc) is 3.19. The average molecular weight is 709 g/mol. The second-order valence-electron chi connectivity index (χ2n) is 13.4. The number of carboxylic acid groups (broad SMARTS) is 1. The normalized spacial score (nSPS) is 13.8. The maximum atomic E-state index is 13.4. The van der Waals surface area contributed by atoms with Crippen molar-refractivity contribution >= 4 is 29.0 Å². The van der Waals surface area contributed by atoms with Gasteiger partial charge in [0, 0.05) is 41.3 Å². The standard InChI is InChI=1S/C44H44N4O5/c1-3-4-30-5-11-33(12-6-30)34-15-17-35(18-16-34)38-26-45-43(46-27-38)36-13-7-32(8-14-36)28-48(29-42(50)51)44(52)37-19-21-39(22-20-37)47-41(49)25-31-9-23-40(53-2)24-10-31/h5-14,17,19-24,26-27,34H,3-4,15-16,18,25,28-29H2,1-2H3,(H,47,49)(H,50,51). The maximum Gasteiger partial charge on any atom is 0.323 e. The second kappa shape index (κ2) is 17.4. The van der Waals surface area contributed by atoms with E-state index in [1.165, 1.54) is 21.6 Å². The van der Waals surface area contributed by atoms with Gasteiger partial charge in [-0.15, -0.1) is 0 Å². The number of hydrogen-bond acceptors (Lipinski definition) is 6. The number of anilines is 1. The predicted octanol–water partition coefficient (Wildman–Crippen LogP) is 8.36. The van der Waals surface area contributed by atoms with E-state index in [0.29, 0.717) is 28.7 Å². The molecule has 2 N–H and O–H groups in total. The smallest absolute Gasteiger partial charge is 0.323 e. The zero-order valence-corrected chi connectivity index (χ0v) is 30.1. The van der Waals surface area contributed by atoms with Crippen LogP contribution in [0.1, 0.15) is 76.7 Å². The van der Waals surface area contributed by atoms with Crippen LogP contribution in [0.2, 0.25) is 0 Å². The van der Waals surface area contributed by atoms with Crippen LogP contribution in [0.4, 0.5) is 5.69 Å². The van der Waals surface area contributed by atoms with Crippen molar-refractivity contribution in [1.82, 2.24) is 14.9 Å². The van der Waals surface area contributed by atoms with Crippen molar-refractivity contribution < 1.29 is 24.2 Å². The molecule has 9 heteroatoms. The van der Waals surface area contributed by atoms with Crippen LogP contribution in [-0.2, 0) is 29.0 Å². The van der Waals surface area contributed by atoms with E-state index >= 15 is 0 Å². The first-order chi connectivity index (χ1) is 25.8. The van der Waals surface area contributed by atoms with Crippen LogP contribution in [0.3, 0.4) is 0 Å². The first kappa shape index (κ1) is 36.7. The van der Waals surface area contributed by atoms with Crippen molar-refractivity contribution in [2.75, 3.05) is 19.0 Å². The molecule has 0 radical (unpaired) electrons. The molecule has 0 saturated carbocycles. The quantitative estimate of drug-likeness (QED) is 0.119. The van der Waals surface area contributed by atoms with Gasteiger partial charge in [-0.3, -0.25) is 14.4 Å². The Balaban J connectivity index is 1.04. The van der Waals surface area contributed by atoms with Gasteiger partial charge >= 0.3 is 5.97 Å². The molecule has 1 unspecified atom stereocenters. The lowest BCUT2D eigenvalue weighted by Gasteiger charge is -2.22. The van der Waals surface area contributed by atoms with Gasteiger partial charge in [0.05, 0.1) is 13.5 Å². The maximum absolute atomic E-state index is 13.4. The lowest BCUT2D eigenvalue weighted by Crippen LogP contribution is -2.35. The molecule has 2 amide bonds. The summed E-state index contributed by atoms with van der Waals surface area (Å²) in [6.07, 6.45) is 11.6. The number of allylic oxidation sites excluding steroid dienone is 2. The molecule has 1 atom stereocenters. The van der Waals surface area contributed by atoms with Crippen LogP contribution in [0, 0.1) is 0 Å². The largest absolute Gasteiger partial charge is 0.497 e. The van der Waals surface area contributed by atoms with Crippen molar-refractivity contribution in [3.8, 4) is 17.1 Å². The van der Waals surface area contributed by atoms with Crippen LogP contribution in [0.5, 0.6) is 5.75 Å². The molecule has 1 heterocycles. The highest BCUT2D eigenvalue weighted by atomic mass is 16.5. The highest BCUT2D eigenvalue weighted by Crippen LogP contribution is 2.36. The number of hydrogen-bond donors (Lipinski definition) is 2. The van der Waals surface area contributed by atoms with Gasteiger partial charge in [-0.1, -0.05) is 80.1 Å². The monoisotopic (exact) mass is 708 g/mol.